The predicted molar refractivity (Wildman–Crippen MR) is 118 cm³/mol. The molecule has 5 heteroatoms. The lowest BCUT2D eigenvalue weighted by atomic mass is 10.1. The maximum Gasteiger partial charge on any atom is 0.282 e. The Balaban J connectivity index is 1.66. The van der Waals surface area contributed by atoms with Crippen molar-refractivity contribution in [2.75, 3.05) is 10.2 Å². The summed E-state index contributed by atoms with van der Waals surface area (Å²) in [5, 5.41) is 6.93. The molecule has 0 atom stereocenters. The molecule has 4 nitrogen and oxygen atoms in total. The van der Waals surface area contributed by atoms with Crippen LogP contribution >= 0.6 is 11.3 Å². The number of carbonyl (C=O) groups excluding carboxylic acids is 2. The van der Waals surface area contributed by atoms with Crippen molar-refractivity contribution in [1.82, 2.24) is 0 Å². The van der Waals surface area contributed by atoms with Gasteiger partial charge < -0.3 is 5.32 Å². The van der Waals surface area contributed by atoms with Gasteiger partial charge in [0.15, 0.2) is 0 Å². The molecule has 0 fully saturated rings. The Bertz CT molecular complexity index is 1260. The van der Waals surface area contributed by atoms with Gasteiger partial charge in [0.1, 0.15) is 5.70 Å². The minimum absolute atomic E-state index is 0.302. The Hall–Kier alpha value is -3.70. The van der Waals surface area contributed by atoms with Crippen molar-refractivity contribution >= 4 is 50.9 Å². The zero-order valence-electron chi connectivity index (χ0n) is 15.3. The molecule has 1 aliphatic rings. The minimum Gasteiger partial charge on any atom is -0.350 e. The number of benzene rings is 3. The average molecular weight is 396 g/mol. The second-order valence-electron chi connectivity index (χ2n) is 6.66. The molecule has 0 unspecified atom stereocenters. The third kappa shape index (κ3) is 2.92. The van der Waals surface area contributed by atoms with Crippen molar-refractivity contribution in [3.63, 3.8) is 0 Å². The van der Waals surface area contributed by atoms with Crippen LogP contribution in [0.2, 0.25) is 0 Å². The number of rotatable bonds is 4. The van der Waals surface area contributed by atoms with Crippen LogP contribution in [-0.2, 0) is 9.59 Å². The molecule has 29 heavy (non-hydrogen) atoms. The number of thiophene rings is 1. The molecule has 0 radical (unpaired) electrons. The van der Waals surface area contributed by atoms with Crippen LogP contribution in [0.15, 0.2) is 96.0 Å². The predicted octanol–water partition coefficient (Wildman–Crippen LogP) is 5.30. The summed E-state index contributed by atoms with van der Waals surface area (Å²) in [5.41, 5.74) is 2.06. The van der Waals surface area contributed by atoms with Crippen LogP contribution in [0, 0.1) is 0 Å². The van der Waals surface area contributed by atoms with Crippen LogP contribution in [0.4, 0.5) is 11.4 Å². The zero-order valence-corrected chi connectivity index (χ0v) is 16.1. The van der Waals surface area contributed by atoms with Gasteiger partial charge in [-0.1, -0.05) is 60.7 Å². The molecule has 1 aromatic heterocycles. The van der Waals surface area contributed by atoms with Crippen LogP contribution in [-0.4, -0.2) is 11.8 Å². The molecule has 1 aliphatic heterocycles. The van der Waals surface area contributed by atoms with Gasteiger partial charge in [-0.3, -0.25) is 9.59 Å². The number of carbonyl (C=O) groups is 2. The summed E-state index contributed by atoms with van der Waals surface area (Å²) in [4.78, 5) is 29.0. The summed E-state index contributed by atoms with van der Waals surface area (Å²) in [6.45, 7) is 0. The van der Waals surface area contributed by atoms with E-state index in [0.717, 1.165) is 21.3 Å². The first-order valence-corrected chi connectivity index (χ1v) is 10.1. The lowest BCUT2D eigenvalue weighted by Gasteiger charge is -2.17. The fourth-order valence-electron chi connectivity index (χ4n) is 3.58. The van der Waals surface area contributed by atoms with Gasteiger partial charge in [0.05, 0.1) is 11.3 Å². The van der Waals surface area contributed by atoms with Crippen LogP contribution in [0.25, 0.3) is 16.3 Å². The molecule has 140 valence electrons. The van der Waals surface area contributed by atoms with E-state index in [1.165, 1.54) is 16.2 Å². The van der Waals surface area contributed by atoms with Gasteiger partial charge in [0, 0.05) is 16.0 Å². The summed E-state index contributed by atoms with van der Waals surface area (Å²) in [6.07, 6.45) is 0. The highest BCUT2D eigenvalue weighted by Crippen LogP contribution is 2.37. The van der Waals surface area contributed by atoms with Crippen molar-refractivity contribution in [2.24, 2.45) is 0 Å². The van der Waals surface area contributed by atoms with E-state index in [9.17, 15) is 9.59 Å². The van der Waals surface area contributed by atoms with Crippen molar-refractivity contribution in [3.8, 4) is 0 Å². The largest absolute Gasteiger partial charge is 0.350 e. The highest BCUT2D eigenvalue weighted by molar-refractivity contribution is 7.11. The summed E-state index contributed by atoms with van der Waals surface area (Å²) < 4.78 is 0. The Morgan fingerprint density at radius 3 is 2.28 bits per heavy atom. The minimum atomic E-state index is -0.349. The van der Waals surface area contributed by atoms with E-state index in [1.807, 2.05) is 90.3 Å². The summed E-state index contributed by atoms with van der Waals surface area (Å²) in [5.74, 6) is -0.661. The number of hydrogen-bond acceptors (Lipinski definition) is 4. The summed E-state index contributed by atoms with van der Waals surface area (Å²) in [6, 6.07) is 26.6. The Morgan fingerprint density at radius 1 is 0.724 bits per heavy atom. The number of nitrogens with zero attached hydrogens (tertiary/aromatic N) is 1. The monoisotopic (exact) mass is 396 g/mol. The molecular formula is C24H16N2O2S. The first-order valence-electron chi connectivity index (χ1n) is 9.21. The van der Waals surface area contributed by atoms with Crippen LogP contribution in [0.5, 0.6) is 0 Å². The maximum atomic E-state index is 13.5. The number of fused-ring (bicyclic) bond motifs is 1. The second-order valence-corrected chi connectivity index (χ2v) is 7.61. The van der Waals surface area contributed by atoms with Crippen LogP contribution in [0.3, 0.4) is 0 Å². The van der Waals surface area contributed by atoms with E-state index in [-0.39, 0.29) is 11.8 Å². The van der Waals surface area contributed by atoms with E-state index in [1.54, 1.807) is 0 Å². The van der Waals surface area contributed by atoms with Crippen LogP contribution < -0.4 is 10.2 Å². The number of para-hydroxylation sites is 1. The Morgan fingerprint density at radius 2 is 1.48 bits per heavy atom. The van der Waals surface area contributed by atoms with Crippen LogP contribution in [0.1, 0.15) is 4.88 Å². The van der Waals surface area contributed by atoms with Gasteiger partial charge in [-0.15, -0.1) is 11.3 Å². The second kappa shape index (κ2) is 7.04. The van der Waals surface area contributed by atoms with Crippen molar-refractivity contribution in [1.29, 1.82) is 0 Å². The maximum absolute atomic E-state index is 13.5. The summed E-state index contributed by atoms with van der Waals surface area (Å²) in [7, 11) is 0. The first-order chi connectivity index (χ1) is 14.2. The molecule has 0 spiro atoms. The van der Waals surface area contributed by atoms with Crippen molar-refractivity contribution in [3.05, 3.63) is 101 Å². The normalized spacial score (nSPS) is 14.1. The number of nitrogens with one attached hydrogen (secondary N) is 1. The van der Waals surface area contributed by atoms with Gasteiger partial charge in [-0.2, -0.15) is 0 Å². The molecule has 0 aliphatic carbocycles. The fourth-order valence-corrected chi connectivity index (χ4v) is 4.35. The Kier molecular flexibility index (Phi) is 4.22. The molecule has 0 saturated carbocycles. The van der Waals surface area contributed by atoms with Gasteiger partial charge in [-0.05, 0) is 35.0 Å². The molecule has 3 aromatic carbocycles. The van der Waals surface area contributed by atoms with Crippen molar-refractivity contribution < 1.29 is 9.59 Å². The van der Waals surface area contributed by atoms with E-state index in [0.29, 0.717) is 17.0 Å². The molecule has 2 heterocycles. The van der Waals surface area contributed by atoms with E-state index in [4.69, 9.17) is 0 Å². The first kappa shape index (κ1) is 17.4. The number of amides is 2. The molecule has 1 N–H and O–H groups in total. The topological polar surface area (TPSA) is 49.4 Å². The SMILES string of the molecule is O=C1C(Nc2ccccc2)=C(c2cccs2)C(=O)N1c1cccc2ccccc12. The lowest BCUT2D eigenvalue weighted by molar-refractivity contribution is -0.120. The fraction of sp³-hybridized carbons (Fsp3) is 0. The Labute approximate surface area is 171 Å². The van der Waals surface area contributed by atoms with E-state index in [2.05, 4.69) is 5.32 Å². The highest BCUT2D eigenvalue weighted by atomic mass is 32.1. The standard InChI is InChI=1S/C24H16N2O2S/c27-23-21(20-14-7-15-29-20)22(25-17-10-2-1-3-11-17)24(28)26(23)19-13-6-9-16-8-4-5-12-18(16)19/h1-15,25H. The third-order valence-electron chi connectivity index (χ3n) is 4.90. The summed E-state index contributed by atoms with van der Waals surface area (Å²) >= 11 is 1.44. The zero-order chi connectivity index (χ0) is 19.8. The lowest BCUT2D eigenvalue weighted by Crippen LogP contribution is -2.32. The number of hydrogen-bond donors (Lipinski definition) is 1. The number of anilines is 2. The van der Waals surface area contributed by atoms with Gasteiger partial charge >= 0.3 is 0 Å². The van der Waals surface area contributed by atoms with Gasteiger partial charge in [0.2, 0.25) is 0 Å². The van der Waals surface area contributed by atoms with Gasteiger partial charge in [0.25, 0.3) is 11.8 Å². The number of imide groups is 1. The highest BCUT2D eigenvalue weighted by Gasteiger charge is 2.41. The average Bonchev–Trinajstić information content (AvgIpc) is 3.36. The quantitative estimate of drug-likeness (QED) is 0.476. The molecule has 2 amide bonds. The van der Waals surface area contributed by atoms with E-state index < -0.39 is 0 Å². The van der Waals surface area contributed by atoms with Gasteiger partial charge in [-0.25, -0.2) is 4.90 Å². The molecule has 0 bridgehead atoms. The third-order valence-corrected chi connectivity index (χ3v) is 5.79. The van der Waals surface area contributed by atoms with E-state index >= 15 is 0 Å². The molecule has 5 rings (SSSR count). The molecule has 0 saturated heterocycles. The molecular weight excluding hydrogens is 380 g/mol. The smallest absolute Gasteiger partial charge is 0.282 e. The molecule has 4 aromatic rings. The van der Waals surface area contributed by atoms with Crippen molar-refractivity contribution in [2.45, 2.75) is 0 Å².